The number of unbranched alkanes of at least 4 members (excludes halogenated alkanes) is 1. The lowest BCUT2D eigenvalue weighted by molar-refractivity contribution is -0.158. The fourth-order valence-electron chi connectivity index (χ4n) is 3.69. The van der Waals surface area contributed by atoms with Gasteiger partial charge < -0.3 is 4.74 Å². The number of carbonyl (C=O) groups excluding carboxylic acids is 1. The molecule has 158 valence electrons. The molecule has 0 saturated heterocycles. The molecular weight excluding hydrogens is 332 g/mol. The highest BCUT2D eigenvalue weighted by Gasteiger charge is 2.36. The third-order valence-corrected chi connectivity index (χ3v) is 6.50. The van der Waals surface area contributed by atoms with E-state index in [0.717, 1.165) is 18.8 Å². The van der Waals surface area contributed by atoms with Gasteiger partial charge in [-0.3, -0.25) is 4.79 Å². The molecule has 0 radical (unpaired) electrons. The molecule has 3 unspecified atom stereocenters. The average Bonchev–Trinajstić information content (AvgIpc) is 2.55. The van der Waals surface area contributed by atoms with Crippen molar-refractivity contribution in [2.75, 3.05) is 0 Å². The number of esters is 1. The molecule has 0 bridgehead atoms. The number of allylic oxidation sites excluding steroid dienone is 4. The minimum atomic E-state index is -0.318. The first-order valence-corrected chi connectivity index (χ1v) is 10.9. The predicted octanol–water partition coefficient (Wildman–Crippen LogP) is 7.74. The molecule has 0 aromatic rings. The maximum absolute atomic E-state index is 10.8. The van der Waals surface area contributed by atoms with Crippen LogP contribution in [0.3, 0.4) is 0 Å². The van der Waals surface area contributed by atoms with Crippen LogP contribution in [0.25, 0.3) is 0 Å². The van der Waals surface area contributed by atoms with Crippen LogP contribution in [0.2, 0.25) is 0 Å². The van der Waals surface area contributed by atoms with Crippen LogP contribution in [0.1, 0.15) is 101 Å². The lowest BCUT2D eigenvalue weighted by Gasteiger charge is -2.42. The SMILES string of the molecule is CC/C=C/C1C(C)=CCC(C)C1(C)C.CCCCC(C)C(C)(C)OC(C)=O. The molecule has 0 aromatic carbocycles. The Morgan fingerprint density at radius 3 is 2.44 bits per heavy atom. The molecule has 0 saturated carbocycles. The standard InChI is InChI=1S/C14H24.C11H22O2/c1-6-7-8-13-11(2)9-10-12(3)14(13,4)5;1-6-7-8-9(2)11(4,5)13-10(3)12/h7-9,12-13H,6,10H2,1-5H3;9H,6-8H2,1-5H3/b8-7+;. The van der Waals surface area contributed by atoms with E-state index in [-0.39, 0.29) is 11.6 Å². The lowest BCUT2D eigenvalue weighted by Crippen LogP contribution is -2.34. The molecule has 0 fully saturated rings. The average molecular weight is 379 g/mol. The van der Waals surface area contributed by atoms with Crippen molar-refractivity contribution in [2.45, 2.75) is 107 Å². The van der Waals surface area contributed by atoms with Crippen LogP contribution in [0.4, 0.5) is 0 Å². The van der Waals surface area contributed by atoms with Gasteiger partial charge in [0.15, 0.2) is 0 Å². The maximum atomic E-state index is 10.8. The second-order valence-electron chi connectivity index (χ2n) is 9.46. The Hall–Kier alpha value is -1.05. The molecule has 0 N–H and O–H groups in total. The number of hydrogen-bond acceptors (Lipinski definition) is 2. The van der Waals surface area contributed by atoms with E-state index >= 15 is 0 Å². The number of carbonyl (C=O) groups is 1. The minimum Gasteiger partial charge on any atom is -0.460 e. The molecule has 2 heteroatoms. The highest BCUT2D eigenvalue weighted by Crippen LogP contribution is 2.45. The fourth-order valence-corrected chi connectivity index (χ4v) is 3.69. The summed E-state index contributed by atoms with van der Waals surface area (Å²) in [6, 6.07) is 0. The lowest BCUT2D eigenvalue weighted by atomic mass is 9.63. The third kappa shape index (κ3) is 8.66. The van der Waals surface area contributed by atoms with Crippen molar-refractivity contribution in [2.24, 2.45) is 23.2 Å². The van der Waals surface area contributed by atoms with E-state index < -0.39 is 0 Å². The summed E-state index contributed by atoms with van der Waals surface area (Å²) in [5.74, 6) is 1.67. The van der Waals surface area contributed by atoms with Gasteiger partial charge in [-0.1, -0.05) is 78.2 Å². The number of rotatable bonds is 7. The van der Waals surface area contributed by atoms with Gasteiger partial charge in [-0.05, 0) is 57.3 Å². The van der Waals surface area contributed by atoms with Crippen molar-refractivity contribution >= 4 is 5.97 Å². The van der Waals surface area contributed by atoms with Gasteiger partial charge in [0.2, 0.25) is 0 Å². The van der Waals surface area contributed by atoms with Crippen molar-refractivity contribution in [3.8, 4) is 0 Å². The normalized spacial score (nSPS) is 23.3. The highest BCUT2D eigenvalue weighted by atomic mass is 16.6. The summed E-state index contributed by atoms with van der Waals surface area (Å²) < 4.78 is 5.26. The first-order chi connectivity index (χ1) is 12.4. The molecule has 1 rings (SSSR count). The van der Waals surface area contributed by atoms with E-state index in [2.05, 4.69) is 66.7 Å². The van der Waals surface area contributed by atoms with Crippen LogP contribution in [0.15, 0.2) is 23.8 Å². The summed E-state index contributed by atoms with van der Waals surface area (Å²) in [5, 5.41) is 0. The largest absolute Gasteiger partial charge is 0.460 e. The first-order valence-electron chi connectivity index (χ1n) is 10.9. The van der Waals surface area contributed by atoms with Crippen LogP contribution >= 0.6 is 0 Å². The van der Waals surface area contributed by atoms with E-state index in [9.17, 15) is 4.79 Å². The molecule has 0 amide bonds. The molecule has 2 nitrogen and oxygen atoms in total. The Bertz CT molecular complexity index is 496. The van der Waals surface area contributed by atoms with E-state index in [0.29, 0.717) is 17.3 Å². The Morgan fingerprint density at radius 2 is 1.96 bits per heavy atom. The summed E-state index contributed by atoms with van der Waals surface area (Å²) in [4.78, 5) is 10.8. The van der Waals surface area contributed by atoms with Crippen molar-refractivity contribution in [3.05, 3.63) is 23.8 Å². The second kappa shape index (κ2) is 11.7. The van der Waals surface area contributed by atoms with Gasteiger partial charge in [-0.2, -0.15) is 0 Å². The smallest absolute Gasteiger partial charge is 0.303 e. The highest BCUT2D eigenvalue weighted by molar-refractivity contribution is 5.66. The zero-order valence-corrected chi connectivity index (χ0v) is 19.8. The quantitative estimate of drug-likeness (QED) is 0.334. The van der Waals surface area contributed by atoms with Gasteiger partial charge >= 0.3 is 5.97 Å². The number of ether oxygens (including phenoxy) is 1. The fraction of sp³-hybridized carbons (Fsp3) is 0.800. The van der Waals surface area contributed by atoms with Crippen molar-refractivity contribution < 1.29 is 9.53 Å². The molecule has 3 atom stereocenters. The van der Waals surface area contributed by atoms with Crippen molar-refractivity contribution in [1.29, 1.82) is 0 Å². The predicted molar refractivity (Wildman–Crippen MR) is 119 cm³/mol. The Morgan fingerprint density at radius 1 is 1.37 bits per heavy atom. The van der Waals surface area contributed by atoms with Crippen LogP contribution in [0, 0.1) is 23.2 Å². The van der Waals surface area contributed by atoms with Gasteiger partial charge in [0, 0.05) is 12.8 Å². The second-order valence-corrected chi connectivity index (χ2v) is 9.46. The van der Waals surface area contributed by atoms with Gasteiger partial charge in [0.25, 0.3) is 0 Å². The van der Waals surface area contributed by atoms with E-state index in [1.165, 1.54) is 26.2 Å². The summed E-state index contributed by atoms with van der Waals surface area (Å²) in [5.41, 5.74) is 1.66. The van der Waals surface area contributed by atoms with Crippen LogP contribution < -0.4 is 0 Å². The number of hydrogen-bond donors (Lipinski definition) is 0. The Balaban J connectivity index is 0.000000503. The third-order valence-electron chi connectivity index (χ3n) is 6.50. The van der Waals surface area contributed by atoms with Gasteiger partial charge in [-0.15, -0.1) is 0 Å². The zero-order valence-electron chi connectivity index (χ0n) is 19.8. The molecule has 0 heterocycles. The van der Waals surface area contributed by atoms with E-state index in [4.69, 9.17) is 4.74 Å². The molecule has 0 aromatic heterocycles. The molecule has 1 aliphatic carbocycles. The Kier molecular flexibility index (Phi) is 11.3. The van der Waals surface area contributed by atoms with Crippen LogP contribution in [-0.4, -0.2) is 11.6 Å². The van der Waals surface area contributed by atoms with Gasteiger partial charge in [-0.25, -0.2) is 0 Å². The molecule has 1 aliphatic rings. The summed E-state index contributed by atoms with van der Waals surface area (Å²) >= 11 is 0. The Labute approximate surface area is 169 Å². The zero-order chi connectivity index (χ0) is 21.3. The van der Waals surface area contributed by atoms with Crippen molar-refractivity contribution in [3.63, 3.8) is 0 Å². The van der Waals surface area contributed by atoms with Crippen LogP contribution in [0.5, 0.6) is 0 Å². The van der Waals surface area contributed by atoms with E-state index in [1.54, 1.807) is 5.57 Å². The molecule has 27 heavy (non-hydrogen) atoms. The van der Waals surface area contributed by atoms with Gasteiger partial charge in [0.05, 0.1) is 0 Å². The topological polar surface area (TPSA) is 26.3 Å². The van der Waals surface area contributed by atoms with Gasteiger partial charge in [0.1, 0.15) is 5.60 Å². The summed E-state index contributed by atoms with van der Waals surface area (Å²) in [6.07, 6.45) is 13.0. The van der Waals surface area contributed by atoms with E-state index in [1.807, 2.05) is 13.8 Å². The first kappa shape index (κ1) is 26.0. The molecular formula is C25H46O2. The minimum absolute atomic E-state index is 0.187. The molecule has 0 spiro atoms. The van der Waals surface area contributed by atoms with Crippen molar-refractivity contribution in [1.82, 2.24) is 0 Å². The summed E-state index contributed by atoms with van der Waals surface area (Å²) in [7, 11) is 0. The summed E-state index contributed by atoms with van der Waals surface area (Å²) in [6.45, 7) is 21.4. The van der Waals surface area contributed by atoms with Crippen LogP contribution in [-0.2, 0) is 9.53 Å². The molecule has 0 aliphatic heterocycles. The maximum Gasteiger partial charge on any atom is 0.303 e. The monoisotopic (exact) mass is 378 g/mol.